The molecule has 0 saturated carbocycles. The van der Waals surface area contributed by atoms with Gasteiger partial charge in [-0.25, -0.2) is 0 Å². The van der Waals surface area contributed by atoms with Gasteiger partial charge < -0.3 is 0 Å². The molecule has 0 saturated heterocycles. The first kappa shape index (κ1) is 21.9. The van der Waals surface area contributed by atoms with Crippen LogP contribution in [0.15, 0.2) is 45.0 Å². The van der Waals surface area contributed by atoms with Gasteiger partial charge in [0, 0.05) is 0 Å². The molecule has 0 aliphatic carbocycles. The van der Waals surface area contributed by atoms with Crippen molar-refractivity contribution in [2.45, 2.75) is 28.5 Å². The van der Waals surface area contributed by atoms with Crippen molar-refractivity contribution in [1.29, 1.82) is 0 Å². The third kappa shape index (κ3) is 5.11. The molecule has 0 aliphatic heterocycles. The van der Waals surface area contributed by atoms with E-state index >= 15 is 0 Å². The summed E-state index contributed by atoms with van der Waals surface area (Å²) in [4.78, 5) is -1.73. The highest BCUT2D eigenvalue weighted by atomic mass is 32.2. The van der Waals surface area contributed by atoms with Gasteiger partial charge in [-0.05, 0) is 53.8 Å². The number of benzene rings is 2. The van der Waals surface area contributed by atoms with Gasteiger partial charge in [-0.3, -0.25) is 13.7 Å². The Morgan fingerprint density at radius 1 is 0.667 bits per heavy atom. The zero-order valence-electron chi connectivity index (χ0n) is 13.9. The predicted molar refractivity (Wildman–Crippen MR) is 99.4 cm³/mol. The highest BCUT2D eigenvalue weighted by Gasteiger charge is 2.23. The molecule has 0 bridgehead atoms. The van der Waals surface area contributed by atoms with Crippen molar-refractivity contribution < 1.29 is 38.9 Å². The molecule has 13 heteroatoms. The summed E-state index contributed by atoms with van der Waals surface area (Å²) in [5.74, 6) is 0. The fraction of sp³-hybridized carbons (Fsp3) is 0.143. The molecule has 2 aromatic carbocycles. The van der Waals surface area contributed by atoms with Crippen molar-refractivity contribution in [2.24, 2.45) is 0 Å². The molecule has 1 atom stereocenters. The standard InChI is InChI=1S/C14H15O9PS3/c1-8-3-4-10(5-12(8)25(15,16)17)24-11-6-13(26(18,19)20)9(2)14(7-11)27(21,22)23/h3-7,24H,1-2H3,(H,15,16,17)(H,18,19,20)(H,21,22,23). The first-order chi connectivity index (χ1) is 12.1. The molecule has 148 valence electrons. The molecule has 0 heterocycles. The van der Waals surface area contributed by atoms with E-state index in [1.807, 2.05) is 0 Å². The lowest BCUT2D eigenvalue weighted by Gasteiger charge is -2.12. The summed E-state index contributed by atoms with van der Waals surface area (Å²) in [5, 5.41) is 0.450. The van der Waals surface area contributed by atoms with E-state index in [4.69, 9.17) is 0 Å². The second-order valence-corrected chi connectivity index (χ2v) is 11.2. The van der Waals surface area contributed by atoms with Crippen LogP contribution in [0.25, 0.3) is 0 Å². The summed E-state index contributed by atoms with van der Waals surface area (Å²) in [6.45, 7) is 2.58. The minimum atomic E-state index is -4.78. The molecule has 2 rings (SSSR count). The average molecular weight is 454 g/mol. The maximum absolute atomic E-state index is 11.5. The van der Waals surface area contributed by atoms with Gasteiger partial charge in [-0.1, -0.05) is 20.7 Å². The van der Waals surface area contributed by atoms with Crippen LogP contribution in [0.2, 0.25) is 0 Å². The molecule has 0 amide bonds. The Balaban J connectivity index is 2.68. The molecular weight excluding hydrogens is 439 g/mol. The van der Waals surface area contributed by atoms with Crippen molar-refractivity contribution in [1.82, 2.24) is 0 Å². The van der Waals surface area contributed by atoms with Gasteiger partial charge in [0.1, 0.15) is 0 Å². The number of hydrogen-bond donors (Lipinski definition) is 3. The van der Waals surface area contributed by atoms with E-state index in [9.17, 15) is 38.9 Å². The normalized spacial score (nSPS) is 13.4. The van der Waals surface area contributed by atoms with E-state index in [-0.39, 0.29) is 21.3 Å². The highest BCUT2D eigenvalue weighted by Crippen LogP contribution is 2.25. The largest absolute Gasteiger partial charge is 0.294 e. The number of aryl methyl sites for hydroxylation is 1. The van der Waals surface area contributed by atoms with Gasteiger partial charge in [-0.15, -0.1) is 0 Å². The van der Waals surface area contributed by atoms with Crippen LogP contribution in [0.4, 0.5) is 0 Å². The third-order valence-corrected chi connectivity index (χ3v) is 7.76. The van der Waals surface area contributed by atoms with E-state index in [1.165, 1.54) is 25.1 Å². The Hall–Kier alpha value is -1.40. The quantitative estimate of drug-likeness (QED) is 0.435. The lowest BCUT2D eigenvalue weighted by molar-refractivity contribution is 0.477. The van der Waals surface area contributed by atoms with Crippen LogP contribution in [0.5, 0.6) is 0 Å². The van der Waals surface area contributed by atoms with Gasteiger partial charge in [0.05, 0.1) is 14.7 Å². The van der Waals surface area contributed by atoms with Crippen LogP contribution >= 0.6 is 8.58 Å². The maximum atomic E-state index is 11.5. The van der Waals surface area contributed by atoms with Crippen LogP contribution in [0.1, 0.15) is 11.1 Å². The lowest BCUT2D eigenvalue weighted by atomic mass is 10.2. The molecule has 3 N–H and O–H groups in total. The van der Waals surface area contributed by atoms with Crippen LogP contribution in [-0.2, 0) is 30.4 Å². The van der Waals surface area contributed by atoms with Crippen molar-refractivity contribution >= 4 is 49.5 Å². The fourth-order valence-electron chi connectivity index (χ4n) is 2.39. The Bertz CT molecular complexity index is 1180. The summed E-state index contributed by atoms with van der Waals surface area (Å²) in [7, 11) is -14.5. The van der Waals surface area contributed by atoms with Crippen molar-refractivity contribution in [3.05, 3.63) is 41.5 Å². The second-order valence-electron chi connectivity index (χ2n) is 5.63. The topological polar surface area (TPSA) is 163 Å². The van der Waals surface area contributed by atoms with E-state index < -0.39 is 48.7 Å². The Kier molecular flexibility index (Phi) is 5.84. The van der Waals surface area contributed by atoms with Gasteiger partial charge in [0.25, 0.3) is 30.4 Å². The molecule has 1 unspecified atom stereocenters. The molecule has 2 aromatic rings. The summed E-state index contributed by atoms with van der Waals surface area (Å²) < 4.78 is 96.9. The average Bonchev–Trinajstić information content (AvgIpc) is 2.47. The van der Waals surface area contributed by atoms with Crippen molar-refractivity contribution in [3.63, 3.8) is 0 Å². The van der Waals surface area contributed by atoms with Crippen LogP contribution in [0, 0.1) is 13.8 Å². The molecule has 27 heavy (non-hydrogen) atoms. The Morgan fingerprint density at radius 3 is 1.48 bits per heavy atom. The van der Waals surface area contributed by atoms with E-state index in [1.54, 1.807) is 0 Å². The van der Waals surface area contributed by atoms with Crippen LogP contribution < -0.4 is 10.6 Å². The first-order valence-corrected chi connectivity index (χ1v) is 12.4. The monoisotopic (exact) mass is 454 g/mol. The molecule has 0 aromatic heterocycles. The second kappa shape index (κ2) is 7.21. The molecule has 0 radical (unpaired) electrons. The smallest absolute Gasteiger partial charge is 0.282 e. The zero-order valence-corrected chi connectivity index (χ0v) is 17.4. The first-order valence-electron chi connectivity index (χ1n) is 7.05. The van der Waals surface area contributed by atoms with Gasteiger partial charge in [0.2, 0.25) is 0 Å². The van der Waals surface area contributed by atoms with Gasteiger partial charge in [0.15, 0.2) is 0 Å². The highest BCUT2D eigenvalue weighted by molar-refractivity contribution is 7.87. The van der Waals surface area contributed by atoms with Crippen molar-refractivity contribution in [2.75, 3.05) is 0 Å². The zero-order chi connectivity index (χ0) is 20.8. The number of hydrogen-bond acceptors (Lipinski definition) is 6. The van der Waals surface area contributed by atoms with E-state index in [0.717, 1.165) is 19.1 Å². The number of rotatable bonds is 5. The van der Waals surface area contributed by atoms with Gasteiger partial charge >= 0.3 is 0 Å². The SMILES string of the molecule is Cc1ccc(Pc2cc(S(=O)(=O)O)c(C)c(S(=O)(=O)O)c2)cc1S(=O)(=O)O. The van der Waals surface area contributed by atoms with Gasteiger partial charge in [-0.2, -0.15) is 25.3 Å². The minimum Gasteiger partial charge on any atom is -0.282 e. The molecular formula is C14H15O9PS3. The van der Waals surface area contributed by atoms with E-state index in [0.29, 0.717) is 5.30 Å². The Labute approximate surface area is 158 Å². The van der Waals surface area contributed by atoms with Crippen molar-refractivity contribution in [3.8, 4) is 0 Å². The predicted octanol–water partition coefficient (Wildman–Crippen LogP) is 0.673. The minimum absolute atomic E-state index is 0.103. The van der Waals surface area contributed by atoms with Crippen LogP contribution in [-0.4, -0.2) is 38.9 Å². The molecule has 0 fully saturated rings. The van der Waals surface area contributed by atoms with Crippen LogP contribution in [0.3, 0.4) is 0 Å². The van der Waals surface area contributed by atoms with E-state index in [2.05, 4.69) is 0 Å². The lowest BCUT2D eigenvalue weighted by Crippen LogP contribution is -2.15. The molecule has 0 aliphatic rings. The molecule has 0 spiro atoms. The fourth-order valence-corrected chi connectivity index (χ4v) is 6.22. The summed E-state index contributed by atoms with van der Waals surface area (Å²) in [6.07, 6.45) is 0. The molecule has 9 nitrogen and oxygen atoms in total. The summed E-state index contributed by atoms with van der Waals surface area (Å²) in [5.41, 5.74) is -0.0664. The third-order valence-electron chi connectivity index (χ3n) is 3.62. The maximum Gasteiger partial charge on any atom is 0.294 e. The summed E-state index contributed by atoms with van der Waals surface area (Å²) >= 11 is 0. The summed E-state index contributed by atoms with van der Waals surface area (Å²) in [6, 6.07) is 6.17. The Morgan fingerprint density at radius 2 is 1.07 bits per heavy atom.